The second kappa shape index (κ2) is 8.87. The van der Waals surface area contributed by atoms with E-state index < -0.39 is 0 Å². The number of carbonyl (C=O) groups is 1. The van der Waals surface area contributed by atoms with Gasteiger partial charge in [-0.1, -0.05) is 12.1 Å². The summed E-state index contributed by atoms with van der Waals surface area (Å²) in [6.07, 6.45) is 0. The molecule has 6 heteroatoms. The minimum Gasteiger partial charge on any atom is -0.494 e. The van der Waals surface area contributed by atoms with E-state index in [4.69, 9.17) is 9.47 Å². The number of amides is 1. The van der Waals surface area contributed by atoms with Gasteiger partial charge in [0, 0.05) is 6.54 Å². The van der Waals surface area contributed by atoms with Gasteiger partial charge in [-0.25, -0.2) is 0 Å². The predicted octanol–water partition coefficient (Wildman–Crippen LogP) is 1.67. The van der Waals surface area contributed by atoms with E-state index in [2.05, 4.69) is 10.6 Å². The van der Waals surface area contributed by atoms with Gasteiger partial charge in [0.2, 0.25) is 5.91 Å². The van der Waals surface area contributed by atoms with Gasteiger partial charge >= 0.3 is 0 Å². The van der Waals surface area contributed by atoms with Gasteiger partial charge in [0.15, 0.2) is 0 Å². The molecule has 0 bridgehead atoms. The normalized spacial score (nSPS) is 19.2. The first-order chi connectivity index (χ1) is 9.70. The maximum Gasteiger partial charge on any atom is 0.240 e. The molecule has 1 heterocycles. The van der Waals surface area contributed by atoms with Crippen molar-refractivity contribution in [3.05, 3.63) is 29.8 Å². The zero-order valence-corrected chi connectivity index (χ0v) is 13.2. The number of hydrogen-bond acceptors (Lipinski definition) is 4. The molecule has 1 aliphatic heterocycles. The van der Waals surface area contributed by atoms with Crippen LogP contribution in [0, 0.1) is 0 Å². The Morgan fingerprint density at radius 3 is 3.05 bits per heavy atom. The molecule has 1 aromatic rings. The van der Waals surface area contributed by atoms with Gasteiger partial charge in [0.25, 0.3) is 0 Å². The quantitative estimate of drug-likeness (QED) is 0.868. The topological polar surface area (TPSA) is 59.6 Å². The average molecular weight is 315 g/mol. The van der Waals surface area contributed by atoms with Crippen LogP contribution in [0.1, 0.15) is 25.5 Å². The molecule has 2 atom stereocenters. The summed E-state index contributed by atoms with van der Waals surface area (Å²) < 4.78 is 10.8. The predicted molar refractivity (Wildman–Crippen MR) is 84.0 cm³/mol. The van der Waals surface area contributed by atoms with Crippen LogP contribution in [0.2, 0.25) is 0 Å². The second-order valence-electron chi connectivity index (χ2n) is 4.82. The molecule has 0 saturated carbocycles. The number of rotatable bonds is 5. The zero-order valence-electron chi connectivity index (χ0n) is 12.4. The first-order valence-corrected chi connectivity index (χ1v) is 7.05. The summed E-state index contributed by atoms with van der Waals surface area (Å²) in [6, 6.07) is 7.47. The van der Waals surface area contributed by atoms with Crippen LogP contribution >= 0.6 is 12.4 Å². The number of ether oxygens (including phenoxy) is 2. The Hall–Kier alpha value is -1.30. The monoisotopic (exact) mass is 314 g/mol. The van der Waals surface area contributed by atoms with Gasteiger partial charge < -0.3 is 20.1 Å². The van der Waals surface area contributed by atoms with Gasteiger partial charge in [0.1, 0.15) is 11.8 Å². The minimum absolute atomic E-state index is 0. The lowest BCUT2D eigenvalue weighted by Crippen LogP contribution is -2.51. The van der Waals surface area contributed by atoms with E-state index >= 15 is 0 Å². The third-order valence-electron chi connectivity index (χ3n) is 3.27. The maximum atomic E-state index is 12.1. The summed E-state index contributed by atoms with van der Waals surface area (Å²) >= 11 is 0. The molecule has 1 fully saturated rings. The van der Waals surface area contributed by atoms with Crippen molar-refractivity contribution in [1.82, 2.24) is 10.6 Å². The smallest absolute Gasteiger partial charge is 0.240 e. The third-order valence-corrected chi connectivity index (χ3v) is 3.27. The van der Waals surface area contributed by atoms with Gasteiger partial charge in [-0.3, -0.25) is 4.79 Å². The second-order valence-corrected chi connectivity index (χ2v) is 4.82. The Morgan fingerprint density at radius 2 is 2.38 bits per heavy atom. The van der Waals surface area contributed by atoms with E-state index in [1.54, 1.807) is 0 Å². The molecule has 1 saturated heterocycles. The molecule has 5 nitrogen and oxygen atoms in total. The Bertz CT molecular complexity index is 450. The largest absolute Gasteiger partial charge is 0.494 e. The molecule has 21 heavy (non-hydrogen) atoms. The van der Waals surface area contributed by atoms with Gasteiger partial charge in [-0.15, -0.1) is 12.4 Å². The lowest BCUT2D eigenvalue weighted by molar-refractivity contribution is -0.126. The summed E-state index contributed by atoms with van der Waals surface area (Å²) in [6.45, 7) is 6.35. The molecule has 0 aliphatic carbocycles. The number of halogens is 1. The van der Waals surface area contributed by atoms with E-state index in [-0.39, 0.29) is 30.4 Å². The number of benzene rings is 1. The van der Waals surface area contributed by atoms with E-state index in [1.165, 1.54) is 0 Å². The number of morpholine rings is 1. The van der Waals surface area contributed by atoms with E-state index in [9.17, 15) is 4.79 Å². The number of carbonyl (C=O) groups excluding carboxylic acids is 1. The van der Waals surface area contributed by atoms with Crippen molar-refractivity contribution in [2.45, 2.75) is 25.9 Å². The first kappa shape index (κ1) is 17.8. The summed E-state index contributed by atoms with van der Waals surface area (Å²) in [4.78, 5) is 12.1. The molecular formula is C15H23ClN2O3. The van der Waals surface area contributed by atoms with Gasteiger partial charge in [0.05, 0.1) is 25.9 Å². The van der Waals surface area contributed by atoms with E-state index in [0.29, 0.717) is 26.4 Å². The summed E-state index contributed by atoms with van der Waals surface area (Å²) in [5.74, 6) is 0.796. The number of hydrogen-bond donors (Lipinski definition) is 2. The minimum atomic E-state index is -0.263. The highest BCUT2D eigenvalue weighted by Crippen LogP contribution is 2.19. The van der Waals surface area contributed by atoms with Crippen LogP contribution in [0.3, 0.4) is 0 Å². The molecular weight excluding hydrogens is 292 g/mol. The van der Waals surface area contributed by atoms with Crippen molar-refractivity contribution < 1.29 is 14.3 Å². The van der Waals surface area contributed by atoms with Crippen molar-refractivity contribution in [3.8, 4) is 5.75 Å². The highest BCUT2D eigenvalue weighted by atomic mass is 35.5. The highest BCUT2D eigenvalue weighted by Gasteiger charge is 2.22. The highest BCUT2D eigenvalue weighted by molar-refractivity contribution is 5.85. The Labute approximate surface area is 131 Å². The van der Waals surface area contributed by atoms with Crippen molar-refractivity contribution in [1.29, 1.82) is 0 Å². The van der Waals surface area contributed by atoms with Crippen LogP contribution in [0.25, 0.3) is 0 Å². The van der Waals surface area contributed by atoms with E-state index in [1.807, 2.05) is 38.1 Å². The zero-order chi connectivity index (χ0) is 14.4. The molecule has 0 aromatic heterocycles. The molecule has 1 aliphatic rings. The van der Waals surface area contributed by atoms with Crippen molar-refractivity contribution in [2.75, 3.05) is 26.4 Å². The molecule has 1 aromatic carbocycles. The fraction of sp³-hybridized carbons (Fsp3) is 0.533. The van der Waals surface area contributed by atoms with Crippen molar-refractivity contribution in [3.63, 3.8) is 0 Å². The molecule has 1 amide bonds. The van der Waals surface area contributed by atoms with Gasteiger partial charge in [-0.2, -0.15) is 0 Å². The summed E-state index contributed by atoms with van der Waals surface area (Å²) in [5.41, 5.74) is 1.03. The SMILES string of the molecule is CCOc1cccc(C(C)NC(=O)C2COCCN2)c1.Cl. The van der Waals surface area contributed by atoms with Crippen molar-refractivity contribution >= 4 is 18.3 Å². The van der Waals surface area contributed by atoms with Crippen LogP contribution in [-0.2, 0) is 9.53 Å². The molecule has 0 spiro atoms. The van der Waals surface area contributed by atoms with Crippen LogP contribution in [-0.4, -0.2) is 38.3 Å². The molecule has 118 valence electrons. The Kier molecular flexibility index (Phi) is 7.50. The molecule has 2 N–H and O–H groups in total. The molecule has 2 rings (SSSR count). The Balaban J connectivity index is 0.00000220. The lowest BCUT2D eigenvalue weighted by atomic mass is 10.1. The first-order valence-electron chi connectivity index (χ1n) is 7.05. The fourth-order valence-electron chi connectivity index (χ4n) is 2.17. The van der Waals surface area contributed by atoms with Crippen LogP contribution < -0.4 is 15.4 Å². The third kappa shape index (κ3) is 5.19. The van der Waals surface area contributed by atoms with Crippen LogP contribution in [0.15, 0.2) is 24.3 Å². The maximum absolute atomic E-state index is 12.1. The average Bonchev–Trinajstić information content (AvgIpc) is 2.48. The van der Waals surface area contributed by atoms with Crippen LogP contribution in [0.5, 0.6) is 5.75 Å². The van der Waals surface area contributed by atoms with Crippen LogP contribution in [0.4, 0.5) is 0 Å². The molecule has 0 radical (unpaired) electrons. The van der Waals surface area contributed by atoms with Crippen molar-refractivity contribution in [2.24, 2.45) is 0 Å². The summed E-state index contributed by atoms with van der Waals surface area (Å²) in [7, 11) is 0. The van der Waals surface area contributed by atoms with E-state index in [0.717, 1.165) is 11.3 Å². The number of nitrogens with one attached hydrogen (secondary N) is 2. The molecule has 2 unspecified atom stereocenters. The Morgan fingerprint density at radius 1 is 1.57 bits per heavy atom. The van der Waals surface area contributed by atoms with Gasteiger partial charge in [-0.05, 0) is 31.5 Å². The standard InChI is InChI=1S/C15H22N2O3.ClH/c1-3-20-13-6-4-5-12(9-13)11(2)17-15(18)14-10-19-8-7-16-14;/h4-6,9,11,14,16H,3,7-8,10H2,1-2H3,(H,17,18);1H. The lowest BCUT2D eigenvalue weighted by Gasteiger charge is -2.25. The summed E-state index contributed by atoms with van der Waals surface area (Å²) in [5, 5.41) is 6.14. The fourth-order valence-corrected chi connectivity index (χ4v) is 2.17.